The number of carbonyl (C=O) groups excluding carboxylic acids is 2. The fourth-order valence-electron chi connectivity index (χ4n) is 2.65. The predicted molar refractivity (Wildman–Crippen MR) is 96.2 cm³/mol. The summed E-state index contributed by atoms with van der Waals surface area (Å²) < 4.78 is 2.12. The second kappa shape index (κ2) is 7.51. The lowest BCUT2D eigenvalue weighted by Crippen LogP contribution is -2.27. The zero-order valence-electron chi connectivity index (χ0n) is 14.7. The number of nitrogens with zero attached hydrogens (tertiary/aromatic N) is 2. The van der Waals surface area contributed by atoms with E-state index in [2.05, 4.69) is 20.2 Å². The van der Waals surface area contributed by atoms with Crippen molar-refractivity contribution in [2.24, 2.45) is 5.92 Å². The largest absolute Gasteiger partial charge is 0.346 e. The third kappa shape index (κ3) is 4.07. The highest BCUT2D eigenvalue weighted by molar-refractivity contribution is 6.04. The average Bonchev–Trinajstić information content (AvgIpc) is 3.37. The normalized spacial score (nSPS) is 14.8. The molecule has 0 aliphatic heterocycles. The molecule has 3 rings (SSSR count). The van der Waals surface area contributed by atoms with Gasteiger partial charge in [-0.05, 0) is 31.4 Å². The van der Waals surface area contributed by atoms with E-state index in [1.54, 1.807) is 24.4 Å². The summed E-state index contributed by atoms with van der Waals surface area (Å²) in [5, 5.41) is 5.79. The molecule has 25 heavy (non-hydrogen) atoms. The molecule has 0 bridgehead atoms. The molecule has 6 nitrogen and oxygen atoms in total. The van der Waals surface area contributed by atoms with Crippen LogP contribution in [0.4, 0.5) is 5.69 Å². The molecule has 0 spiro atoms. The van der Waals surface area contributed by atoms with Crippen LogP contribution in [0, 0.1) is 5.92 Å². The van der Waals surface area contributed by atoms with Gasteiger partial charge in [0.2, 0.25) is 5.91 Å². The summed E-state index contributed by atoms with van der Waals surface area (Å²) in [6.07, 6.45) is 6.70. The number of rotatable bonds is 7. The van der Waals surface area contributed by atoms with Gasteiger partial charge in [0.1, 0.15) is 0 Å². The topological polar surface area (TPSA) is 76.0 Å². The monoisotopic (exact) mass is 340 g/mol. The number of hydrogen-bond acceptors (Lipinski definition) is 3. The van der Waals surface area contributed by atoms with E-state index in [4.69, 9.17) is 0 Å². The molecule has 1 saturated carbocycles. The quantitative estimate of drug-likeness (QED) is 0.813. The Kier molecular flexibility index (Phi) is 5.16. The molecule has 1 fully saturated rings. The molecular formula is C19H24N4O2. The Morgan fingerprint density at radius 1 is 1.32 bits per heavy atom. The van der Waals surface area contributed by atoms with Gasteiger partial charge in [0.15, 0.2) is 0 Å². The van der Waals surface area contributed by atoms with Crippen molar-refractivity contribution in [2.45, 2.75) is 45.7 Å². The Balaban J connectivity index is 1.67. The highest BCUT2D eigenvalue weighted by Gasteiger charge is 2.25. The van der Waals surface area contributed by atoms with Crippen LogP contribution in [0.3, 0.4) is 0 Å². The van der Waals surface area contributed by atoms with Crippen LogP contribution in [0.25, 0.3) is 0 Å². The minimum atomic E-state index is -0.205. The molecule has 1 aromatic heterocycles. The van der Waals surface area contributed by atoms with Crippen molar-refractivity contribution in [3.8, 4) is 0 Å². The molecule has 1 unspecified atom stereocenters. The fraction of sp³-hybridized carbons (Fsp3) is 0.421. The van der Waals surface area contributed by atoms with Gasteiger partial charge in [-0.2, -0.15) is 0 Å². The standard InChI is InChI=1S/C19H24N4O2/c1-3-13(2)18(24)22-17-7-5-4-6-16(17)19(25)21-11-15-10-20-12-23(15)14-8-9-14/h4-7,10,12-14H,3,8-9,11H2,1-2H3,(H,21,25)(H,22,24). The molecule has 0 saturated heterocycles. The fourth-order valence-corrected chi connectivity index (χ4v) is 2.65. The van der Waals surface area contributed by atoms with Crippen LogP contribution in [0.15, 0.2) is 36.8 Å². The van der Waals surface area contributed by atoms with Crippen LogP contribution in [0.5, 0.6) is 0 Å². The Morgan fingerprint density at radius 3 is 2.80 bits per heavy atom. The Bertz CT molecular complexity index is 764. The van der Waals surface area contributed by atoms with Crippen LogP contribution < -0.4 is 10.6 Å². The maximum absolute atomic E-state index is 12.6. The molecule has 6 heteroatoms. The van der Waals surface area contributed by atoms with Gasteiger partial charge in [-0.1, -0.05) is 26.0 Å². The van der Waals surface area contributed by atoms with Crippen LogP contribution in [0.1, 0.15) is 55.2 Å². The number of hydrogen-bond donors (Lipinski definition) is 2. The van der Waals surface area contributed by atoms with E-state index >= 15 is 0 Å². The zero-order chi connectivity index (χ0) is 17.8. The van der Waals surface area contributed by atoms with E-state index in [1.807, 2.05) is 26.2 Å². The van der Waals surface area contributed by atoms with Gasteiger partial charge in [-0.15, -0.1) is 0 Å². The number of benzene rings is 1. The molecule has 2 amide bonds. The van der Waals surface area contributed by atoms with Crippen molar-refractivity contribution in [2.75, 3.05) is 5.32 Å². The maximum atomic E-state index is 12.6. The lowest BCUT2D eigenvalue weighted by Gasteiger charge is -2.14. The summed E-state index contributed by atoms with van der Waals surface area (Å²) in [6, 6.07) is 7.60. The van der Waals surface area contributed by atoms with E-state index in [0.29, 0.717) is 23.8 Å². The van der Waals surface area contributed by atoms with Gasteiger partial charge in [-0.3, -0.25) is 9.59 Å². The van der Waals surface area contributed by atoms with E-state index in [1.165, 1.54) is 12.8 Å². The minimum Gasteiger partial charge on any atom is -0.346 e. The Labute approximate surface area is 147 Å². The Morgan fingerprint density at radius 2 is 2.08 bits per heavy atom. The van der Waals surface area contributed by atoms with Crippen molar-refractivity contribution in [3.63, 3.8) is 0 Å². The highest BCUT2D eigenvalue weighted by atomic mass is 16.2. The SMILES string of the molecule is CCC(C)C(=O)Nc1ccccc1C(=O)NCc1cncn1C1CC1. The molecule has 132 valence electrons. The first kappa shape index (κ1) is 17.2. The van der Waals surface area contributed by atoms with Crippen LogP contribution >= 0.6 is 0 Å². The lowest BCUT2D eigenvalue weighted by atomic mass is 10.1. The molecule has 2 aromatic rings. The number of anilines is 1. The summed E-state index contributed by atoms with van der Waals surface area (Å²) in [7, 11) is 0. The van der Waals surface area contributed by atoms with Gasteiger partial charge in [0, 0.05) is 18.2 Å². The third-order valence-corrected chi connectivity index (χ3v) is 4.61. The number of carbonyl (C=O) groups is 2. The van der Waals surface area contributed by atoms with Crippen LogP contribution in [-0.4, -0.2) is 21.4 Å². The first-order chi connectivity index (χ1) is 12.1. The first-order valence-electron chi connectivity index (χ1n) is 8.79. The van der Waals surface area contributed by atoms with Gasteiger partial charge in [-0.25, -0.2) is 4.98 Å². The van der Waals surface area contributed by atoms with Crippen LogP contribution in [0.2, 0.25) is 0 Å². The molecule has 2 N–H and O–H groups in total. The molecular weight excluding hydrogens is 316 g/mol. The van der Waals surface area contributed by atoms with Crippen molar-refractivity contribution in [3.05, 3.63) is 48.0 Å². The van der Waals surface area contributed by atoms with E-state index in [-0.39, 0.29) is 17.7 Å². The molecule has 1 aliphatic rings. The molecule has 1 aliphatic carbocycles. The second-order valence-electron chi connectivity index (χ2n) is 6.55. The minimum absolute atomic E-state index is 0.0745. The smallest absolute Gasteiger partial charge is 0.253 e. The van der Waals surface area contributed by atoms with Crippen molar-refractivity contribution in [1.29, 1.82) is 0 Å². The van der Waals surface area contributed by atoms with E-state index < -0.39 is 0 Å². The van der Waals surface area contributed by atoms with Gasteiger partial charge in [0.25, 0.3) is 5.91 Å². The highest BCUT2D eigenvalue weighted by Crippen LogP contribution is 2.35. The maximum Gasteiger partial charge on any atom is 0.253 e. The number of imidazole rings is 1. The van der Waals surface area contributed by atoms with Gasteiger partial charge in [0.05, 0.1) is 29.8 Å². The number of para-hydroxylation sites is 1. The number of amides is 2. The summed E-state index contributed by atoms with van der Waals surface area (Å²) >= 11 is 0. The third-order valence-electron chi connectivity index (χ3n) is 4.61. The summed E-state index contributed by atoms with van der Waals surface area (Å²) in [5.41, 5.74) is 2.01. The molecule has 1 atom stereocenters. The second-order valence-corrected chi connectivity index (χ2v) is 6.55. The van der Waals surface area contributed by atoms with Crippen molar-refractivity contribution in [1.82, 2.24) is 14.9 Å². The first-order valence-corrected chi connectivity index (χ1v) is 8.79. The number of aromatic nitrogens is 2. The molecule has 0 radical (unpaired) electrons. The molecule has 1 aromatic carbocycles. The van der Waals surface area contributed by atoms with E-state index in [0.717, 1.165) is 12.1 Å². The number of nitrogens with one attached hydrogen (secondary N) is 2. The Hall–Kier alpha value is -2.63. The van der Waals surface area contributed by atoms with Crippen molar-refractivity contribution >= 4 is 17.5 Å². The summed E-state index contributed by atoms with van der Waals surface area (Å²) in [4.78, 5) is 28.9. The predicted octanol–water partition coefficient (Wildman–Crippen LogP) is 3.13. The van der Waals surface area contributed by atoms with Gasteiger partial charge < -0.3 is 15.2 Å². The van der Waals surface area contributed by atoms with Crippen molar-refractivity contribution < 1.29 is 9.59 Å². The lowest BCUT2D eigenvalue weighted by molar-refractivity contribution is -0.119. The average molecular weight is 340 g/mol. The summed E-state index contributed by atoms with van der Waals surface area (Å²) in [5.74, 6) is -0.373. The zero-order valence-corrected chi connectivity index (χ0v) is 14.7. The van der Waals surface area contributed by atoms with E-state index in [9.17, 15) is 9.59 Å². The van der Waals surface area contributed by atoms with Gasteiger partial charge >= 0.3 is 0 Å². The van der Waals surface area contributed by atoms with Crippen LogP contribution in [-0.2, 0) is 11.3 Å². The molecule has 1 heterocycles. The summed E-state index contributed by atoms with van der Waals surface area (Å²) in [6.45, 7) is 4.26.